The van der Waals surface area contributed by atoms with E-state index in [1.807, 2.05) is 51.1 Å². The van der Waals surface area contributed by atoms with Gasteiger partial charge in [-0.25, -0.2) is 9.59 Å². The molecule has 1 aromatic carbocycles. The fourth-order valence-corrected chi connectivity index (χ4v) is 3.41. The molecule has 1 saturated carbocycles. The number of nitrogens with zero attached hydrogens (tertiary/aromatic N) is 1. The number of likely N-dealkylation sites (tertiary alicyclic amines) is 1. The Kier molecular flexibility index (Phi) is 5.47. The lowest BCUT2D eigenvalue weighted by molar-refractivity contribution is -0.172. The maximum atomic E-state index is 12.8. The van der Waals surface area contributed by atoms with Gasteiger partial charge in [0.2, 0.25) is 0 Å². The zero-order valence-electron chi connectivity index (χ0n) is 16.7. The molecule has 0 spiro atoms. The van der Waals surface area contributed by atoms with E-state index in [4.69, 9.17) is 9.47 Å². The van der Waals surface area contributed by atoms with Crippen molar-refractivity contribution in [1.29, 1.82) is 0 Å². The van der Waals surface area contributed by atoms with Gasteiger partial charge in [-0.2, -0.15) is 0 Å². The zero-order valence-corrected chi connectivity index (χ0v) is 16.7. The third-order valence-electron chi connectivity index (χ3n) is 4.99. The molecule has 6 heteroatoms. The van der Waals surface area contributed by atoms with Gasteiger partial charge in [0.1, 0.15) is 17.7 Å². The standard InChI is InChI=1S/C21H30N2O4/c1-20(2,3)27-19(25)23-17(13-22-16-10-11-16)12-21(23,4)18(24)26-14-15-8-6-5-7-9-15/h5-9,16-17,22H,10-14H2,1-4H3/t17-,21+/m0/s1. The summed E-state index contributed by atoms with van der Waals surface area (Å²) in [6.07, 6.45) is 2.46. The Morgan fingerprint density at radius 1 is 1.22 bits per heavy atom. The summed E-state index contributed by atoms with van der Waals surface area (Å²) in [5, 5.41) is 3.44. The third-order valence-corrected chi connectivity index (χ3v) is 4.99. The first-order chi connectivity index (χ1) is 12.7. The molecule has 3 rings (SSSR count). The monoisotopic (exact) mass is 374 g/mol. The van der Waals surface area contributed by atoms with Gasteiger partial charge in [0.25, 0.3) is 0 Å². The number of hydrogen-bond acceptors (Lipinski definition) is 5. The highest BCUT2D eigenvalue weighted by atomic mass is 16.6. The van der Waals surface area contributed by atoms with Gasteiger partial charge in [-0.3, -0.25) is 4.90 Å². The van der Waals surface area contributed by atoms with E-state index in [9.17, 15) is 9.59 Å². The minimum absolute atomic E-state index is 0.0604. The molecule has 1 aliphatic carbocycles. The molecule has 1 heterocycles. The number of rotatable bonds is 6. The Hall–Kier alpha value is -2.08. The number of nitrogens with one attached hydrogen (secondary N) is 1. The van der Waals surface area contributed by atoms with E-state index in [0.717, 1.165) is 5.56 Å². The number of carbonyl (C=O) groups excluding carboxylic acids is 2. The quantitative estimate of drug-likeness (QED) is 0.774. The SMILES string of the molecule is CC(C)(C)OC(=O)N1[C@H](CNC2CC2)C[C@]1(C)C(=O)OCc1ccccc1. The fourth-order valence-electron chi connectivity index (χ4n) is 3.41. The summed E-state index contributed by atoms with van der Waals surface area (Å²) >= 11 is 0. The molecule has 6 nitrogen and oxygen atoms in total. The first-order valence-corrected chi connectivity index (χ1v) is 9.66. The third kappa shape index (κ3) is 4.80. The second-order valence-electron chi connectivity index (χ2n) is 8.73. The molecule has 0 radical (unpaired) electrons. The maximum absolute atomic E-state index is 12.8. The van der Waals surface area contributed by atoms with Crippen molar-refractivity contribution in [2.75, 3.05) is 6.54 Å². The summed E-state index contributed by atoms with van der Waals surface area (Å²) in [5.74, 6) is -0.389. The molecule has 1 amide bonds. The van der Waals surface area contributed by atoms with Crippen LogP contribution in [0.15, 0.2) is 30.3 Å². The van der Waals surface area contributed by atoms with Gasteiger partial charge in [-0.15, -0.1) is 0 Å². The lowest BCUT2D eigenvalue weighted by atomic mass is 9.80. The summed E-state index contributed by atoms with van der Waals surface area (Å²) in [5.41, 5.74) is -0.687. The van der Waals surface area contributed by atoms with E-state index in [0.29, 0.717) is 19.0 Å². The molecule has 0 unspecified atom stereocenters. The lowest BCUT2D eigenvalue weighted by Crippen LogP contribution is -2.72. The molecule has 1 aromatic rings. The summed E-state index contributed by atoms with van der Waals surface area (Å²) in [6, 6.07) is 10.0. The van der Waals surface area contributed by atoms with Crippen LogP contribution in [0.2, 0.25) is 0 Å². The molecule has 27 heavy (non-hydrogen) atoms. The number of amides is 1. The van der Waals surface area contributed by atoms with E-state index in [2.05, 4.69) is 5.32 Å². The average molecular weight is 374 g/mol. The normalized spacial score (nSPS) is 24.9. The predicted molar refractivity (Wildman–Crippen MR) is 102 cm³/mol. The number of benzene rings is 1. The zero-order chi connectivity index (χ0) is 19.7. The van der Waals surface area contributed by atoms with Gasteiger partial charge in [-0.05, 0) is 46.1 Å². The van der Waals surface area contributed by atoms with Crippen molar-refractivity contribution in [3.8, 4) is 0 Å². The molecule has 2 fully saturated rings. The topological polar surface area (TPSA) is 67.9 Å². The first-order valence-electron chi connectivity index (χ1n) is 9.66. The lowest BCUT2D eigenvalue weighted by Gasteiger charge is -2.54. The predicted octanol–water partition coefficient (Wildman–Crippen LogP) is 3.25. The number of carbonyl (C=O) groups is 2. The Labute approximate surface area is 161 Å². The second kappa shape index (κ2) is 7.50. The Balaban J connectivity index is 1.66. The molecule has 1 saturated heterocycles. The number of esters is 1. The van der Waals surface area contributed by atoms with E-state index in [1.165, 1.54) is 12.8 Å². The molecular formula is C21H30N2O4. The van der Waals surface area contributed by atoms with Crippen molar-refractivity contribution in [2.24, 2.45) is 0 Å². The van der Waals surface area contributed by atoms with Gasteiger partial charge >= 0.3 is 12.1 Å². The van der Waals surface area contributed by atoms with Crippen LogP contribution in [0.5, 0.6) is 0 Å². The molecular weight excluding hydrogens is 344 g/mol. The number of ether oxygens (including phenoxy) is 2. The molecule has 0 aromatic heterocycles. The molecule has 2 atom stereocenters. The first kappa shape index (κ1) is 19.7. The van der Waals surface area contributed by atoms with Gasteiger partial charge in [0.15, 0.2) is 0 Å². The van der Waals surface area contributed by atoms with Crippen LogP contribution in [0.3, 0.4) is 0 Å². The second-order valence-corrected chi connectivity index (χ2v) is 8.73. The van der Waals surface area contributed by atoms with Crippen molar-refractivity contribution >= 4 is 12.1 Å². The van der Waals surface area contributed by atoms with Gasteiger partial charge in [0, 0.05) is 19.0 Å². The van der Waals surface area contributed by atoms with Crippen molar-refractivity contribution < 1.29 is 19.1 Å². The highest BCUT2D eigenvalue weighted by molar-refractivity contribution is 5.88. The van der Waals surface area contributed by atoms with Crippen LogP contribution < -0.4 is 5.32 Å². The highest BCUT2D eigenvalue weighted by Gasteiger charge is 2.58. The smallest absolute Gasteiger partial charge is 0.411 e. The molecule has 2 aliphatic rings. The summed E-state index contributed by atoms with van der Waals surface area (Å²) in [4.78, 5) is 27.1. The highest BCUT2D eigenvalue weighted by Crippen LogP contribution is 2.39. The Morgan fingerprint density at radius 3 is 2.48 bits per heavy atom. The average Bonchev–Trinajstić information content (AvgIpc) is 3.39. The van der Waals surface area contributed by atoms with Crippen LogP contribution in [-0.2, 0) is 20.9 Å². The van der Waals surface area contributed by atoms with E-state index in [-0.39, 0.29) is 18.6 Å². The maximum Gasteiger partial charge on any atom is 0.411 e. The van der Waals surface area contributed by atoms with Crippen molar-refractivity contribution in [2.45, 2.75) is 76.8 Å². The molecule has 1 aliphatic heterocycles. The molecule has 148 valence electrons. The van der Waals surface area contributed by atoms with Crippen molar-refractivity contribution in [3.63, 3.8) is 0 Å². The van der Waals surface area contributed by atoms with Crippen LogP contribution in [0.4, 0.5) is 4.79 Å². The van der Waals surface area contributed by atoms with Crippen molar-refractivity contribution in [3.05, 3.63) is 35.9 Å². The van der Waals surface area contributed by atoms with Crippen LogP contribution in [-0.4, -0.2) is 46.7 Å². The minimum Gasteiger partial charge on any atom is -0.459 e. The molecule has 1 N–H and O–H groups in total. The van der Waals surface area contributed by atoms with Gasteiger partial charge in [0.05, 0.1) is 6.04 Å². The summed E-state index contributed by atoms with van der Waals surface area (Å²) in [6.45, 7) is 8.11. The summed E-state index contributed by atoms with van der Waals surface area (Å²) in [7, 11) is 0. The fraction of sp³-hybridized carbons (Fsp3) is 0.619. The van der Waals surface area contributed by atoms with Crippen LogP contribution in [0.25, 0.3) is 0 Å². The largest absolute Gasteiger partial charge is 0.459 e. The van der Waals surface area contributed by atoms with E-state index in [1.54, 1.807) is 11.8 Å². The number of hydrogen-bond donors (Lipinski definition) is 1. The Morgan fingerprint density at radius 2 is 1.89 bits per heavy atom. The van der Waals surface area contributed by atoms with Crippen LogP contribution >= 0.6 is 0 Å². The van der Waals surface area contributed by atoms with Gasteiger partial charge in [-0.1, -0.05) is 30.3 Å². The minimum atomic E-state index is -0.993. The molecule has 0 bridgehead atoms. The van der Waals surface area contributed by atoms with Crippen molar-refractivity contribution in [1.82, 2.24) is 10.2 Å². The summed E-state index contributed by atoms with van der Waals surface area (Å²) < 4.78 is 11.1. The van der Waals surface area contributed by atoms with E-state index < -0.39 is 17.2 Å². The Bertz CT molecular complexity index is 681. The van der Waals surface area contributed by atoms with Crippen LogP contribution in [0.1, 0.15) is 52.5 Å². The van der Waals surface area contributed by atoms with E-state index >= 15 is 0 Å². The van der Waals surface area contributed by atoms with Crippen LogP contribution in [0, 0.1) is 0 Å². The van der Waals surface area contributed by atoms with Gasteiger partial charge < -0.3 is 14.8 Å².